The Morgan fingerprint density at radius 3 is 2.77 bits per heavy atom. The number of cyclic esters (lactones) is 1. The molecule has 0 bridgehead atoms. The standard InChI is InChI=1S/C14H7ClN2O5/c15-9-6-8(3-4-11(9)17(19)20)7-10-14(18)22-13(16-10)12-2-1-5-21-12/h1-7H/b10-7+. The van der Waals surface area contributed by atoms with E-state index in [9.17, 15) is 14.9 Å². The number of nitro groups is 1. The Morgan fingerprint density at radius 1 is 1.32 bits per heavy atom. The molecule has 8 heteroatoms. The Balaban J connectivity index is 1.93. The maximum absolute atomic E-state index is 11.8. The van der Waals surface area contributed by atoms with Gasteiger partial charge in [-0.25, -0.2) is 9.79 Å². The first-order valence-electron chi connectivity index (χ1n) is 6.05. The van der Waals surface area contributed by atoms with Crippen LogP contribution in [0.3, 0.4) is 0 Å². The lowest BCUT2D eigenvalue weighted by molar-refractivity contribution is -0.384. The Hall–Kier alpha value is -2.93. The molecule has 3 rings (SSSR count). The van der Waals surface area contributed by atoms with Crippen molar-refractivity contribution in [1.82, 2.24) is 0 Å². The van der Waals surface area contributed by atoms with Crippen LogP contribution in [-0.4, -0.2) is 16.8 Å². The molecule has 0 N–H and O–H groups in total. The minimum absolute atomic E-state index is 0.0269. The summed E-state index contributed by atoms with van der Waals surface area (Å²) in [5.41, 5.74) is 0.334. The first kappa shape index (κ1) is 14.0. The minimum atomic E-state index is -0.638. The number of carbonyl (C=O) groups excluding carboxylic acids is 1. The van der Waals surface area contributed by atoms with Gasteiger partial charge in [-0.3, -0.25) is 10.1 Å². The number of carbonyl (C=O) groups is 1. The summed E-state index contributed by atoms with van der Waals surface area (Å²) in [5.74, 6) is -0.242. The molecule has 0 spiro atoms. The number of halogens is 1. The van der Waals surface area contributed by atoms with Gasteiger partial charge in [-0.2, -0.15) is 0 Å². The van der Waals surface area contributed by atoms with Crippen molar-refractivity contribution in [3.05, 3.63) is 68.8 Å². The third-order valence-electron chi connectivity index (χ3n) is 2.82. The molecule has 0 atom stereocenters. The maximum Gasteiger partial charge on any atom is 0.363 e. The number of aliphatic imine (C=N–C) groups is 1. The molecule has 2 heterocycles. The lowest BCUT2D eigenvalue weighted by Gasteiger charge is -1.97. The van der Waals surface area contributed by atoms with Gasteiger partial charge >= 0.3 is 5.97 Å². The van der Waals surface area contributed by atoms with Crippen molar-refractivity contribution in [3.8, 4) is 0 Å². The van der Waals surface area contributed by atoms with Crippen LogP contribution in [-0.2, 0) is 9.53 Å². The summed E-state index contributed by atoms with van der Waals surface area (Å²) in [6, 6.07) is 7.35. The van der Waals surface area contributed by atoms with E-state index in [0.29, 0.717) is 11.3 Å². The molecule has 0 radical (unpaired) electrons. The van der Waals surface area contributed by atoms with Crippen LogP contribution in [0.5, 0.6) is 0 Å². The number of nitro benzene ring substituents is 1. The minimum Gasteiger partial charge on any atom is -0.459 e. The predicted octanol–water partition coefficient (Wildman–Crippen LogP) is 3.19. The van der Waals surface area contributed by atoms with Gasteiger partial charge in [-0.1, -0.05) is 11.6 Å². The highest BCUT2D eigenvalue weighted by Crippen LogP contribution is 2.27. The van der Waals surface area contributed by atoms with Crippen LogP contribution in [0.25, 0.3) is 6.08 Å². The molecular formula is C14H7ClN2O5. The van der Waals surface area contributed by atoms with E-state index in [1.165, 1.54) is 30.5 Å². The quantitative estimate of drug-likeness (QED) is 0.375. The number of benzene rings is 1. The molecule has 0 fully saturated rings. The summed E-state index contributed by atoms with van der Waals surface area (Å²) in [7, 11) is 0. The first-order valence-corrected chi connectivity index (χ1v) is 6.43. The zero-order chi connectivity index (χ0) is 15.7. The summed E-state index contributed by atoms with van der Waals surface area (Å²) >= 11 is 5.82. The van der Waals surface area contributed by atoms with Gasteiger partial charge in [0, 0.05) is 6.07 Å². The number of nitrogens with zero attached hydrogens (tertiary/aromatic N) is 2. The lowest BCUT2D eigenvalue weighted by Crippen LogP contribution is -2.04. The molecule has 110 valence electrons. The fourth-order valence-electron chi connectivity index (χ4n) is 1.83. The average Bonchev–Trinajstić information content (AvgIpc) is 3.09. The van der Waals surface area contributed by atoms with E-state index in [-0.39, 0.29) is 22.3 Å². The SMILES string of the molecule is O=C1OC(c2ccco2)=N/C1=C/c1ccc([N+](=O)[O-])c(Cl)c1. The first-order chi connectivity index (χ1) is 10.5. The van der Waals surface area contributed by atoms with Crippen LogP contribution < -0.4 is 0 Å². The third-order valence-corrected chi connectivity index (χ3v) is 3.13. The van der Waals surface area contributed by atoms with Gasteiger partial charge in [0.15, 0.2) is 11.5 Å². The lowest BCUT2D eigenvalue weighted by atomic mass is 10.2. The number of ether oxygens (including phenoxy) is 1. The smallest absolute Gasteiger partial charge is 0.363 e. The Morgan fingerprint density at radius 2 is 2.14 bits per heavy atom. The van der Waals surface area contributed by atoms with Gasteiger partial charge in [0.2, 0.25) is 0 Å². The molecule has 7 nitrogen and oxygen atoms in total. The van der Waals surface area contributed by atoms with E-state index in [1.807, 2.05) is 0 Å². The fraction of sp³-hybridized carbons (Fsp3) is 0. The van der Waals surface area contributed by atoms with Gasteiger partial charge < -0.3 is 9.15 Å². The van der Waals surface area contributed by atoms with Crippen LogP contribution in [0.4, 0.5) is 5.69 Å². The largest absolute Gasteiger partial charge is 0.459 e. The van der Waals surface area contributed by atoms with Crippen molar-refractivity contribution in [2.24, 2.45) is 4.99 Å². The molecule has 0 saturated carbocycles. The van der Waals surface area contributed by atoms with Gasteiger partial charge in [0.1, 0.15) is 5.02 Å². The second-order valence-electron chi connectivity index (χ2n) is 4.28. The van der Waals surface area contributed by atoms with Gasteiger partial charge in [0.25, 0.3) is 11.6 Å². The molecule has 1 aromatic carbocycles. The molecule has 1 aromatic heterocycles. The van der Waals surface area contributed by atoms with E-state index in [1.54, 1.807) is 12.1 Å². The van der Waals surface area contributed by atoms with Gasteiger partial charge in [-0.05, 0) is 35.9 Å². The van der Waals surface area contributed by atoms with Crippen molar-refractivity contribution in [2.45, 2.75) is 0 Å². The van der Waals surface area contributed by atoms with Crippen LogP contribution >= 0.6 is 11.6 Å². The van der Waals surface area contributed by atoms with E-state index in [4.69, 9.17) is 20.8 Å². The van der Waals surface area contributed by atoms with Crippen molar-refractivity contribution >= 4 is 35.2 Å². The van der Waals surface area contributed by atoms with Gasteiger partial charge in [0.05, 0.1) is 11.2 Å². The monoisotopic (exact) mass is 318 g/mol. The summed E-state index contributed by atoms with van der Waals surface area (Å²) in [4.78, 5) is 25.9. The average molecular weight is 319 g/mol. The van der Waals surface area contributed by atoms with E-state index in [2.05, 4.69) is 4.99 Å². The van der Waals surface area contributed by atoms with E-state index in [0.717, 1.165) is 0 Å². The number of hydrogen-bond donors (Lipinski definition) is 0. The van der Waals surface area contributed by atoms with Crippen molar-refractivity contribution < 1.29 is 18.9 Å². The zero-order valence-corrected chi connectivity index (χ0v) is 11.6. The Bertz CT molecular complexity index is 824. The topological polar surface area (TPSA) is 94.9 Å². The molecule has 0 aliphatic carbocycles. The zero-order valence-electron chi connectivity index (χ0n) is 10.9. The molecule has 1 aliphatic rings. The second kappa shape index (κ2) is 5.45. The molecule has 0 amide bonds. The normalized spacial score (nSPS) is 15.8. The Labute approximate surface area is 128 Å². The highest BCUT2D eigenvalue weighted by Gasteiger charge is 2.26. The van der Waals surface area contributed by atoms with E-state index >= 15 is 0 Å². The van der Waals surface area contributed by atoms with Crippen LogP contribution in [0.2, 0.25) is 5.02 Å². The second-order valence-corrected chi connectivity index (χ2v) is 4.69. The van der Waals surface area contributed by atoms with Crippen molar-refractivity contribution in [1.29, 1.82) is 0 Å². The van der Waals surface area contributed by atoms with Crippen LogP contribution in [0.15, 0.2) is 51.7 Å². The molecule has 1 aliphatic heterocycles. The predicted molar refractivity (Wildman–Crippen MR) is 77.4 cm³/mol. The molecule has 2 aromatic rings. The van der Waals surface area contributed by atoms with Gasteiger partial charge in [-0.15, -0.1) is 0 Å². The summed E-state index contributed by atoms with van der Waals surface area (Å²) in [6.45, 7) is 0. The highest BCUT2D eigenvalue weighted by atomic mass is 35.5. The molecular weight excluding hydrogens is 312 g/mol. The van der Waals surface area contributed by atoms with Crippen LogP contribution in [0, 0.1) is 10.1 Å². The number of rotatable bonds is 3. The number of furan rings is 1. The Kier molecular flexibility index (Phi) is 3.48. The molecule has 0 saturated heterocycles. The fourth-order valence-corrected chi connectivity index (χ4v) is 2.09. The molecule has 22 heavy (non-hydrogen) atoms. The number of esters is 1. The summed E-state index contributed by atoms with van der Waals surface area (Å²) in [5, 5.41) is 10.7. The van der Waals surface area contributed by atoms with E-state index < -0.39 is 10.9 Å². The van der Waals surface area contributed by atoms with Crippen molar-refractivity contribution in [2.75, 3.05) is 0 Å². The third kappa shape index (κ3) is 2.61. The molecule has 0 unspecified atom stereocenters. The summed E-state index contributed by atoms with van der Waals surface area (Å²) < 4.78 is 10.1. The summed E-state index contributed by atoms with van der Waals surface area (Å²) in [6.07, 6.45) is 2.86. The van der Waals surface area contributed by atoms with Crippen LogP contribution in [0.1, 0.15) is 11.3 Å². The maximum atomic E-state index is 11.8. The number of hydrogen-bond acceptors (Lipinski definition) is 6. The van der Waals surface area contributed by atoms with Crippen molar-refractivity contribution in [3.63, 3.8) is 0 Å². The highest BCUT2D eigenvalue weighted by molar-refractivity contribution is 6.32.